The SMILES string of the molecule is O=Nc1c(O)n(CCCOc2ccccc2Cl)c2c(Cl)c(Cl)ccc12. The molecule has 8 heteroatoms. The molecule has 0 saturated heterocycles. The first-order valence-electron chi connectivity index (χ1n) is 7.44. The van der Waals surface area contributed by atoms with Crippen LogP contribution >= 0.6 is 34.8 Å². The number of aryl methyl sites for hydroxylation is 1. The fourth-order valence-corrected chi connectivity index (χ4v) is 3.23. The molecular formula is C17H13Cl3N2O3. The van der Waals surface area contributed by atoms with Gasteiger partial charge in [0, 0.05) is 11.9 Å². The first-order valence-corrected chi connectivity index (χ1v) is 8.57. The minimum Gasteiger partial charge on any atom is -0.493 e. The number of nitrogens with zero attached hydrogens (tertiary/aromatic N) is 2. The molecule has 3 aromatic rings. The summed E-state index contributed by atoms with van der Waals surface area (Å²) >= 11 is 18.3. The Morgan fingerprint density at radius 1 is 1.08 bits per heavy atom. The third-order valence-electron chi connectivity index (χ3n) is 3.77. The summed E-state index contributed by atoms with van der Waals surface area (Å²) in [7, 11) is 0. The van der Waals surface area contributed by atoms with E-state index in [2.05, 4.69) is 5.18 Å². The summed E-state index contributed by atoms with van der Waals surface area (Å²) in [5, 5.41) is 14.8. The Hall–Kier alpha value is -1.95. The zero-order chi connectivity index (χ0) is 18.0. The zero-order valence-electron chi connectivity index (χ0n) is 12.9. The number of nitroso groups, excluding NO2 is 1. The molecule has 3 rings (SSSR count). The van der Waals surface area contributed by atoms with Crippen LogP contribution in [0, 0.1) is 4.91 Å². The van der Waals surface area contributed by atoms with Gasteiger partial charge in [-0.3, -0.25) is 0 Å². The van der Waals surface area contributed by atoms with Gasteiger partial charge in [-0.05, 0) is 35.9 Å². The van der Waals surface area contributed by atoms with Crippen LogP contribution in [0.2, 0.25) is 15.1 Å². The maximum absolute atomic E-state index is 11.1. The standard InChI is InChI=1S/C17H13Cl3N2O3/c18-11-4-1-2-5-13(11)25-9-3-8-22-16-10(15(21-24)17(22)23)6-7-12(19)14(16)20/h1-2,4-7,23H,3,8-9H2. The predicted octanol–water partition coefficient (Wildman–Crippen LogP) is 6.17. The molecule has 0 bridgehead atoms. The lowest BCUT2D eigenvalue weighted by molar-refractivity contribution is 0.298. The summed E-state index contributed by atoms with van der Waals surface area (Å²) in [6.07, 6.45) is 0.545. The Bertz CT molecular complexity index is 941. The van der Waals surface area contributed by atoms with Crippen molar-refractivity contribution in [2.24, 2.45) is 5.18 Å². The molecule has 1 aromatic heterocycles. The summed E-state index contributed by atoms with van der Waals surface area (Å²) in [6, 6.07) is 10.3. The normalized spacial score (nSPS) is 11.0. The second-order valence-corrected chi connectivity index (χ2v) is 6.50. The number of aromatic hydroxyl groups is 1. The van der Waals surface area contributed by atoms with Gasteiger partial charge in [0.05, 0.1) is 27.2 Å². The van der Waals surface area contributed by atoms with Crippen molar-refractivity contribution in [2.45, 2.75) is 13.0 Å². The second-order valence-electron chi connectivity index (χ2n) is 5.31. The molecular weight excluding hydrogens is 387 g/mol. The number of para-hydroxylation sites is 1. The van der Waals surface area contributed by atoms with Gasteiger partial charge in [0.1, 0.15) is 5.75 Å². The van der Waals surface area contributed by atoms with Crippen LogP contribution in [0.5, 0.6) is 11.6 Å². The number of fused-ring (bicyclic) bond motifs is 1. The molecule has 1 N–H and O–H groups in total. The quantitative estimate of drug-likeness (QED) is 0.398. The van der Waals surface area contributed by atoms with Gasteiger partial charge in [-0.15, -0.1) is 4.91 Å². The first kappa shape index (κ1) is 17.9. The van der Waals surface area contributed by atoms with Crippen LogP contribution in [0.3, 0.4) is 0 Å². The Labute approximate surface area is 158 Å². The van der Waals surface area contributed by atoms with Crippen molar-refractivity contribution in [3.05, 3.63) is 56.4 Å². The van der Waals surface area contributed by atoms with Crippen LogP contribution in [0.15, 0.2) is 41.6 Å². The fraction of sp³-hybridized carbons (Fsp3) is 0.176. The predicted molar refractivity (Wildman–Crippen MR) is 101 cm³/mol. The largest absolute Gasteiger partial charge is 0.493 e. The highest BCUT2D eigenvalue weighted by Crippen LogP contribution is 2.43. The summed E-state index contributed by atoms with van der Waals surface area (Å²) in [5.74, 6) is 0.342. The van der Waals surface area contributed by atoms with Crippen LogP contribution < -0.4 is 4.74 Å². The molecule has 0 aliphatic heterocycles. The molecule has 130 valence electrons. The van der Waals surface area contributed by atoms with E-state index >= 15 is 0 Å². The molecule has 0 atom stereocenters. The number of halogens is 3. The van der Waals surface area contributed by atoms with Crippen LogP contribution in [-0.2, 0) is 6.54 Å². The smallest absolute Gasteiger partial charge is 0.222 e. The highest BCUT2D eigenvalue weighted by molar-refractivity contribution is 6.45. The van der Waals surface area contributed by atoms with Crippen molar-refractivity contribution in [2.75, 3.05) is 6.61 Å². The molecule has 0 fully saturated rings. The number of ether oxygens (including phenoxy) is 1. The van der Waals surface area contributed by atoms with Crippen molar-refractivity contribution >= 4 is 51.4 Å². The molecule has 5 nitrogen and oxygen atoms in total. The van der Waals surface area contributed by atoms with E-state index in [0.717, 1.165) is 0 Å². The number of hydrogen-bond donors (Lipinski definition) is 1. The third kappa shape index (κ3) is 3.40. The lowest BCUT2D eigenvalue weighted by Gasteiger charge is -2.10. The molecule has 2 aromatic carbocycles. The highest BCUT2D eigenvalue weighted by atomic mass is 35.5. The van der Waals surface area contributed by atoms with Crippen LogP contribution in [-0.4, -0.2) is 16.3 Å². The van der Waals surface area contributed by atoms with Crippen molar-refractivity contribution in [1.29, 1.82) is 0 Å². The van der Waals surface area contributed by atoms with Gasteiger partial charge in [0.25, 0.3) is 0 Å². The van der Waals surface area contributed by atoms with Crippen molar-refractivity contribution in [3.63, 3.8) is 0 Å². The Balaban J connectivity index is 1.82. The second kappa shape index (κ2) is 7.52. The molecule has 0 saturated carbocycles. The zero-order valence-corrected chi connectivity index (χ0v) is 15.1. The van der Waals surface area contributed by atoms with Gasteiger partial charge in [0.2, 0.25) is 5.88 Å². The number of benzene rings is 2. The molecule has 0 amide bonds. The van der Waals surface area contributed by atoms with Crippen molar-refractivity contribution in [3.8, 4) is 11.6 Å². The number of hydrogen-bond acceptors (Lipinski definition) is 4. The maximum Gasteiger partial charge on any atom is 0.222 e. The average Bonchev–Trinajstić information content (AvgIpc) is 2.88. The average molecular weight is 400 g/mol. The lowest BCUT2D eigenvalue weighted by Crippen LogP contribution is -2.04. The van der Waals surface area contributed by atoms with Gasteiger partial charge in [-0.25, -0.2) is 0 Å². The Morgan fingerprint density at radius 2 is 1.84 bits per heavy atom. The molecule has 0 radical (unpaired) electrons. The molecule has 0 aliphatic rings. The van der Waals surface area contributed by atoms with Crippen molar-refractivity contribution < 1.29 is 9.84 Å². The number of rotatable bonds is 6. The Morgan fingerprint density at radius 3 is 2.56 bits per heavy atom. The summed E-state index contributed by atoms with van der Waals surface area (Å²) in [5.41, 5.74) is 0.416. The van der Waals surface area contributed by atoms with Gasteiger partial charge in [0.15, 0.2) is 5.69 Å². The van der Waals surface area contributed by atoms with Crippen LogP contribution in [0.25, 0.3) is 10.9 Å². The highest BCUT2D eigenvalue weighted by Gasteiger charge is 2.20. The molecule has 1 heterocycles. The van der Waals surface area contributed by atoms with E-state index in [9.17, 15) is 10.0 Å². The molecule has 0 aliphatic carbocycles. The van der Waals surface area contributed by atoms with E-state index < -0.39 is 0 Å². The van der Waals surface area contributed by atoms with E-state index in [4.69, 9.17) is 39.5 Å². The van der Waals surface area contributed by atoms with Gasteiger partial charge in [-0.1, -0.05) is 46.9 Å². The van der Waals surface area contributed by atoms with Crippen molar-refractivity contribution in [1.82, 2.24) is 4.57 Å². The van der Waals surface area contributed by atoms with E-state index in [1.165, 1.54) is 4.57 Å². The van der Waals surface area contributed by atoms with E-state index in [1.54, 1.807) is 24.3 Å². The first-order chi connectivity index (χ1) is 12.0. The summed E-state index contributed by atoms with van der Waals surface area (Å²) in [6.45, 7) is 0.729. The topological polar surface area (TPSA) is 63.8 Å². The molecule has 0 unspecified atom stereocenters. The third-order valence-corrected chi connectivity index (χ3v) is 4.88. The Kier molecular flexibility index (Phi) is 5.37. The maximum atomic E-state index is 11.1. The molecule has 25 heavy (non-hydrogen) atoms. The van der Waals surface area contributed by atoms with Crippen LogP contribution in [0.4, 0.5) is 5.69 Å². The fourth-order valence-electron chi connectivity index (χ4n) is 2.62. The van der Waals surface area contributed by atoms with Gasteiger partial charge in [-0.2, -0.15) is 0 Å². The van der Waals surface area contributed by atoms with Gasteiger partial charge >= 0.3 is 0 Å². The molecule has 0 spiro atoms. The number of aromatic nitrogens is 1. The summed E-state index contributed by atoms with van der Waals surface area (Å²) in [4.78, 5) is 11.1. The minimum absolute atomic E-state index is 0.0550. The van der Waals surface area contributed by atoms with E-state index in [0.29, 0.717) is 46.3 Å². The monoisotopic (exact) mass is 398 g/mol. The minimum atomic E-state index is -0.244. The van der Waals surface area contributed by atoms with Crippen LogP contribution in [0.1, 0.15) is 6.42 Å². The van der Waals surface area contributed by atoms with Gasteiger partial charge < -0.3 is 14.4 Å². The van der Waals surface area contributed by atoms with E-state index in [1.807, 2.05) is 12.1 Å². The van der Waals surface area contributed by atoms with E-state index in [-0.39, 0.29) is 16.6 Å². The summed E-state index contributed by atoms with van der Waals surface area (Å²) < 4.78 is 7.14. The lowest BCUT2D eigenvalue weighted by atomic mass is 10.2.